The van der Waals surface area contributed by atoms with Crippen LogP contribution in [0.2, 0.25) is 0 Å². The summed E-state index contributed by atoms with van der Waals surface area (Å²) in [6.45, 7) is 3.37. The fourth-order valence-corrected chi connectivity index (χ4v) is 0.887. The van der Waals surface area contributed by atoms with Gasteiger partial charge in [0.25, 0.3) is 0 Å². The largest absolute Gasteiger partial charge is 0.486 e. The van der Waals surface area contributed by atoms with Crippen molar-refractivity contribution < 1.29 is 14.9 Å². The molecule has 1 heterocycles. The summed E-state index contributed by atoms with van der Waals surface area (Å²) >= 11 is 0. The van der Waals surface area contributed by atoms with Gasteiger partial charge in [0.15, 0.2) is 0 Å². The molecule has 1 rings (SSSR count). The second kappa shape index (κ2) is 4.93. The van der Waals surface area contributed by atoms with Crippen LogP contribution in [-0.4, -0.2) is 27.4 Å². The molecule has 14 heavy (non-hydrogen) atoms. The molecule has 0 amide bonds. The lowest BCUT2D eigenvalue weighted by Gasteiger charge is -2.16. The van der Waals surface area contributed by atoms with Crippen molar-refractivity contribution in [1.29, 1.82) is 0 Å². The topological polar surface area (TPSA) is 62.6 Å². The number of nitrogens with zero attached hydrogens (tertiary/aromatic N) is 1. The molecule has 4 nitrogen and oxygen atoms in total. The lowest BCUT2D eigenvalue weighted by molar-refractivity contribution is 0.0601. The fraction of sp³-hybridized carbons (Fsp3) is 0.500. The number of aliphatic hydroxyl groups excluding tert-OH is 2. The van der Waals surface area contributed by atoms with Crippen LogP contribution < -0.4 is 4.74 Å². The first-order chi connectivity index (χ1) is 6.63. The summed E-state index contributed by atoms with van der Waals surface area (Å²) in [7, 11) is 0. The highest BCUT2D eigenvalue weighted by Crippen LogP contribution is 2.12. The lowest BCUT2D eigenvalue weighted by atomic mass is 10.2. The summed E-state index contributed by atoms with van der Waals surface area (Å²) in [4.78, 5) is 3.95. The van der Waals surface area contributed by atoms with Gasteiger partial charge in [0.1, 0.15) is 11.9 Å². The number of aliphatic hydroxyl groups is 2. The molecule has 1 aromatic heterocycles. The smallest absolute Gasteiger partial charge is 0.138 e. The van der Waals surface area contributed by atoms with Gasteiger partial charge in [-0.25, -0.2) is 0 Å². The van der Waals surface area contributed by atoms with Crippen LogP contribution in [0.5, 0.6) is 5.75 Å². The van der Waals surface area contributed by atoms with E-state index < -0.39 is 6.10 Å². The van der Waals surface area contributed by atoms with Crippen LogP contribution in [0.3, 0.4) is 0 Å². The number of pyridine rings is 1. The standard InChI is InChI=1S/C10H15NO3/c1-7(13)8(2)14-10-4-3-9(6-12)11-5-10/h3-5,7-8,12-13H,6H2,1-2H3. The van der Waals surface area contributed by atoms with Crippen molar-refractivity contribution >= 4 is 0 Å². The molecule has 0 aromatic carbocycles. The molecule has 1 aromatic rings. The Bertz CT molecular complexity index is 271. The van der Waals surface area contributed by atoms with Gasteiger partial charge in [-0.05, 0) is 26.0 Å². The van der Waals surface area contributed by atoms with Crippen LogP contribution in [0.4, 0.5) is 0 Å². The molecule has 0 radical (unpaired) electrons. The second-order valence-electron chi connectivity index (χ2n) is 3.21. The molecule has 78 valence electrons. The summed E-state index contributed by atoms with van der Waals surface area (Å²) < 4.78 is 5.38. The van der Waals surface area contributed by atoms with E-state index in [1.807, 2.05) is 0 Å². The van der Waals surface area contributed by atoms with E-state index in [-0.39, 0.29) is 12.7 Å². The molecule has 0 saturated heterocycles. The first-order valence-corrected chi connectivity index (χ1v) is 4.54. The molecule has 0 bridgehead atoms. The Hall–Kier alpha value is -1.13. The Labute approximate surface area is 83.2 Å². The summed E-state index contributed by atoms with van der Waals surface area (Å²) in [6.07, 6.45) is 0.744. The number of rotatable bonds is 4. The van der Waals surface area contributed by atoms with Gasteiger partial charge >= 0.3 is 0 Å². The minimum atomic E-state index is -0.521. The molecule has 2 N–H and O–H groups in total. The van der Waals surface area contributed by atoms with Gasteiger partial charge < -0.3 is 14.9 Å². The third-order valence-electron chi connectivity index (χ3n) is 1.96. The molecule has 0 saturated carbocycles. The monoisotopic (exact) mass is 197 g/mol. The third kappa shape index (κ3) is 2.97. The van der Waals surface area contributed by atoms with Crippen LogP contribution in [-0.2, 0) is 6.61 Å². The van der Waals surface area contributed by atoms with E-state index >= 15 is 0 Å². The summed E-state index contributed by atoms with van der Waals surface area (Å²) in [5.74, 6) is 0.593. The molecule has 0 aliphatic carbocycles. The number of hydrogen-bond acceptors (Lipinski definition) is 4. The molecule has 2 atom stereocenters. The number of hydrogen-bond donors (Lipinski definition) is 2. The molecule has 0 spiro atoms. The van der Waals surface area contributed by atoms with Gasteiger partial charge in [-0.15, -0.1) is 0 Å². The zero-order valence-electron chi connectivity index (χ0n) is 8.34. The third-order valence-corrected chi connectivity index (χ3v) is 1.96. The van der Waals surface area contributed by atoms with Gasteiger partial charge in [-0.1, -0.05) is 0 Å². The lowest BCUT2D eigenvalue weighted by Crippen LogP contribution is -2.25. The quantitative estimate of drug-likeness (QED) is 0.746. The van der Waals surface area contributed by atoms with Crippen LogP contribution in [0.25, 0.3) is 0 Å². The van der Waals surface area contributed by atoms with Gasteiger partial charge in [-0.3, -0.25) is 4.98 Å². The molecule has 0 fully saturated rings. The summed E-state index contributed by atoms with van der Waals surface area (Å²) in [5.41, 5.74) is 0.599. The molecular weight excluding hydrogens is 182 g/mol. The predicted molar refractivity (Wildman–Crippen MR) is 51.9 cm³/mol. The fourth-order valence-electron chi connectivity index (χ4n) is 0.887. The van der Waals surface area contributed by atoms with E-state index in [9.17, 15) is 5.11 Å². The molecule has 0 aliphatic rings. The van der Waals surface area contributed by atoms with Crippen LogP contribution in [0, 0.1) is 0 Å². The SMILES string of the molecule is CC(O)C(C)Oc1ccc(CO)nc1. The van der Waals surface area contributed by atoms with Crippen LogP contribution >= 0.6 is 0 Å². The first kappa shape index (κ1) is 10.9. The minimum Gasteiger partial charge on any atom is -0.486 e. The number of aromatic nitrogens is 1. The van der Waals surface area contributed by atoms with Gasteiger partial charge in [0.05, 0.1) is 24.6 Å². The van der Waals surface area contributed by atoms with Gasteiger partial charge in [0, 0.05) is 0 Å². The van der Waals surface area contributed by atoms with Crippen molar-refractivity contribution in [2.24, 2.45) is 0 Å². The maximum absolute atomic E-state index is 9.20. The van der Waals surface area contributed by atoms with Crippen LogP contribution in [0.15, 0.2) is 18.3 Å². The maximum Gasteiger partial charge on any atom is 0.138 e. The highest BCUT2D eigenvalue weighted by Gasteiger charge is 2.09. The Balaban J connectivity index is 2.59. The Morgan fingerprint density at radius 3 is 2.57 bits per heavy atom. The average molecular weight is 197 g/mol. The second-order valence-corrected chi connectivity index (χ2v) is 3.21. The van der Waals surface area contributed by atoms with E-state index in [2.05, 4.69) is 4.98 Å². The van der Waals surface area contributed by atoms with E-state index in [1.54, 1.807) is 26.0 Å². The van der Waals surface area contributed by atoms with Gasteiger partial charge in [0.2, 0.25) is 0 Å². The highest BCUT2D eigenvalue weighted by atomic mass is 16.5. The predicted octanol–water partition coefficient (Wildman–Crippen LogP) is 0.722. The zero-order chi connectivity index (χ0) is 10.6. The van der Waals surface area contributed by atoms with Crippen molar-refractivity contribution in [3.63, 3.8) is 0 Å². The summed E-state index contributed by atoms with van der Waals surface area (Å²) in [6, 6.07) is 3.40. The first-order valence-electron chi connectivity index (χ1n) is 4.54. The highest BCUT2D eigenvalue weighted by molar-refractivity contribution is 5.19. The van der Waals surface area contributed by atoms with Crippen molar-refractivity contribution in [1.82, 2.24) is 4.98 Å². The molecule has 0 aliphatic heterocycles. The zero-order valence-corrected chi connectivity index (χ0v) is 8.34. The molecule has 4 heteroatoms. The van der Waals surface area contributed by atoms with Crippen molar-refractivity contribution in [3.05, 3.63) is 24.0 Å². The maximum atomic E-state index is 9.20. The van der Waals surface area contributed by atoms with Crippen molar-refractivity contribution in [2.45, 2.75) is 32.7 Å². The molecular formula is C10H15NO3. The van der Waals surface area contributed by atoms with E-state index in [0.717, 1.165) is 0 Å². The van der Waals surface area contributed by atoms with Crippen LogP contribution in [0.1, 0.15) is 19.5 Å². The number of ether oxygens (including phenoxy) is 1. The Morgan fingerprint density at radius 1 is 1.43 bits per heavy atom. The Morgan fingerprint density at radius 2 is 2.14 bits per heavy atom. The Kier molecular flexibility index (Phi) is 3.85. The van der Waals surface area contributed by atoms with E-state index in [4.69, 9.17) is 9.84 Å². The molecule has 2 unspecified atom stereocenters. The van der Waals surface area contributed by atoms with E-state index in [0.29, 0.717) is 11.4 Å². The normalized spacial score (nSPS) is 14.9. The van der Waals surface area contributed by atoms with Gasteiger partial charge in [-0.2, -0.15) is 0 Å². The summed E-state index contributed by atoms with van der Waals surface area (Å²) in [5, 5.41) is 18.0. The van der Waals surface area contributed by atoms with E-state index in [1.165, 1.54) is 6.20 Å². The van der Waals surface area contributed by atoms with Crippen molar-refractivity contribution in [2.75, 3.05) is 0 Å². The van der Waals surface area contributed by atoms with Crippen molar-refractivity contribution in [3.8, 4) is 5.75 Å². The average Bonchev–Trinajstić information content (AvgIpc) is 2.19. The minimum absolute atomic E-state index is 0.0771.